The van der Waals surface area contributed by atoms with Crippen molar-refractivity contribution in [2.75, 3.05) is 5.75 Å². The number of halogens is 3. The van der Waals surface area contributed by atoms with Crippen molar-refractivity contribution in [1.29, 1.82) is 0 Å². The average Bonchev–Trinajstić information content (AvgIpc) is 2.53. The van der Waals surface area contributed by atoms with Gasteiger partial charge in [-0.15, -0.1) is 0 Å². The number of aliphatic hydroxyl groups is 1. The summed E-state index contributed by atoms with van der Waals surface area (Å²) in [5, 5.41) is 9.26. The first-order valence-corrected chi connectivity index (χ1v) is 8.62. The molecule has 0 amide bonds. The number of hydrogen-bond acceptors (Lipinski definition) is 5. The summed E-state index contributed by atoms with van der Waals surface area (Å²) in [5.41, 5.74) is -0.131. The van der Waals surface area contributed by atoms with E-state index in [-0.39, 0.29) is 22.7 Å². The van der Waals surface area contributed by atoms with Crippen molar-refractivity contribution in [3.05, 3.63) is 41.3 Å². The smallest absolute Gasteiger partial charge is 0.390 e. The van der Waals surface area contributed by atoms with Gasteiger partial charge in [0, 0.05) is 5.56 Å². The zero-order valence-corrected chi connectivity index (χ0v) is 13.7. The van der Waals surface area contributed by atoms with E-state index < -0.39 is 33.1 Å². The molecule has 0 fully saturated rings. The molecule has 5 nitrogen and oxygen atoms in total. The third-order valence-corrected chi connectivity index (χ3v) is 5.39. The highest BCUT2D eigenvalue weighted by Gasteiger charge is 2.33. The molecule has 1 aromatic heterocycles. The van der Waals surface area contributed by atoms with E-state index in [0.29, 0.717) is 11.6 Å². The van der Waals surface area contributed by atoms with Gasteiger partial charge < -0.3 is 5.11 Å². The molecule has 130 valence electrons. The van der Waals surface area contributed by atoms with E-state index in [1.165, 1.54) is 6.92 Å². The zero-order chi connectivity index (χ0) is 18.1. The standard InChI is InChI=1S/C15H15F3N2O3S/c1-3-24(22,23)13-6-10(15(16,17)18)4-5-11(13)14-9(2)12(7-21)19-8-20-14/h4-6,8,21H,3,7H2,1-2H3. The van der Waals surface area contributed by atoms with E-state index in [2.05, 4.69) is 9.97 Å². The summed E-state index contributed by atoms with van der Waals surface area (Å²) in [7, 11) is -3.92. The van der Waals surface area contributed by atoms with Gasteiger partial charge in [-0.2, -0.15) is 13.2 Å². The van der Waals surface area contributed by atoms with E-state index in [4.69, 9.17) is 0 Å². The number of hydrogen-bond donors (Lipinski definition) is 1. The lowest BCUT2D eigenvalue weighted by Crippen LogP contribution is -2.11. The fraction of sp³-hybridized carbons (Fsp3) is 0.333. The first-order valence-electron chi connectivity index (χ1n) is 6.97. The number of rotatable bonds is 4. The van der Waals surface area contributed by atoms with Crippen molar-refractivity contribution in [1.82, 2.24) is 9.97 Å². The Hall–Kier alpha value is -2.00. The van der Waals surface area contributed by atoms with Gasteiger partial charge in [-0.1, -0.05) is 13.0 Å². The van der Waals surface area contributed by atoms with Crippen molar-refractivity contribution in [3.8, 4) is 11.3 Å². The summed E-state index contributed by atoms with van der Waals surface area (Å²) in [6.07, 6.45) is -3.53. The van der Waals surface area contributed by atoms with E-state index in [1.807, 2.05) is 0 Å². The lowest BCUT2D eigenvalue weighted by atomic mass is 10.0. The Balaban J connectivity index is 2.80. The third kappa shape index (κ3) is 3.41. The van der Waals surface area contributed by atoms with Gasteiger partial charge in [0.25, 0.3) is 0 Å². The molecule has 24 heavy (non-hydrogen) atoms. The van der Waals surface area contributed by atoms with Crippen LogP contribution in [0.3, 0.4) is 0 Å². The second-order valence-electron chi connectivity index (χ2n) is 5.06. The van der Waals surface area contributed by atoms with Crippen molar-refractivity contribution in [2.45, 2.75) is 31.5 Å². The van der Waals surface area contributed by atoms with Crippen LogP contribution >= 0.6 is 0 Å². The van der Waals surface area contributed by atoms with Crippen molar-refractivity contribution in [3.63, 3.8) is 0 Å². The molecule has 0 aliphatic rings. The Labute approximate surface area is 137 Å². The van der Waals surface area contributed by atoms with Gasteiger partial charge in [0.1, 0.15) is 6.33 Å². The van der Waals surface area contributed by atoms with E-state index in [9.17, 15) is 26.7 Å². The lowest BCUT2D eigenvalue weighted by molar-refractivity contribution is -0.137. The van der Waals surface area contributed by atoms with Crippen LogP contribution in [0.1, 0.15) is 23.7 Å². The molecule has 0 atom stereocenters. The van der Waals surface area contributed by atoms with Gasteiger partial charge in [-0.05, 0) is 24.6 Å². The Kier molecular flexibility index (Phi) is 4.95. The minimum atomic E-state index is -4.66. The molecular weight excluding hydrogens is 345 g/mol. The van der Waals surface area contributed by atoms with Crippen molar-refractivity contribution < 1.29 is 26.7 Å². The van der Waals surface area contributed by atoms with Crippen molar-refractivity contribution in [2.24, 2.45) is 0 Å². The molecule has 1 aromatic carbocycles. The second-order valence-corrected chi connectivity index (χ2v) is 7.31. The number of sulfone groups is 1. The highest BCUT2D eigenvalue weighted by atomic mass is 32.2. The lowest BCUT2D eigenvalue weighted by Gasteiger charge is -2.15. The largest absolute Gasteiger partial charge is 0.416 e. The molecule has 0 unspecified atom stereocenters. The van der Waals surface area contributed by atoms with E-state index in [0.717, 1.165) is 18.5 Å². The minimum absolute atomic E-state index is 0.0550. The summed E-state index contributed by atoms with van der Waals surface area (Å²) < 4.78 is 63.4. The molecule has 9 heteroatoms. The first kappa shape index (κ1) is 18.3. The molecule has 0 saturated heterocycles. The highest BCUT2D eigenvalue weighted by molar-refractivity contribution is 7.91. The zero-order valence-electron chi connectivity index (χ0n) is 12.9. The van der Waals surface area contributed by atoms with E-state index >= 15 is 0 Å². The van der Waals surface area contributed by atoms with Gasteiger partial charge in [0.2, 0.25) is 0 Å². The second kappa shape index (κ2) is 6.48. The fourth-order valence-corrected chi connectivity index (χ4v) is 3.34. The normalized spacial score (nSPS) is 12.4. The Morgan fingerprint density at radius 3 is 2.42 bits per heavy atom. The van der Waals surface area contributed by atoms with Gasteiger partial charge in [0.15, 0.2) is 9.84 Å². The minimum Gasteiger partial charge on any atom is -0.390 e. The maximum atomic E-state index is 12.9. The predicted molar refractivity (Wildman–Crippen MR) is 80.9 cm³/mol. The van der Waals surface area contributed by atoms with Crippen LogP contribution in [0.2, 0.25) is 0 Å². The van der Waals surface area contributed by atoms with Crippen LogP contribution in [-0.4, -0.2) is 29.2 Å². The molecule has 1 heterocycles. The van der Waals surface area contributed by atoms with Crippen LogP contribution in [0.4, 0.5) is 13.2 Å². The molecule has 1 N–H and O–H groups in total. The number of alkyl halides is 3. The molecule has 0 bridgehead atoms. The maximum Gasteiger partial charge on any atom is 0.416 e. The number of nitrogens with zero attached hydrogens (tertiary/aromatic N) is 2. The summed E-state index contributed by atoms with van der Waals surface area (Å²) >= 11 is 0. The molecule has 2 rings (SSSR count). The van der Waals surface area contributed by atoms with Gasteiger partial charge in [0.05, 0.1) is 34.2 Å². The van der Waals surface area contributed by atoms with Crippen LogP contribution in [0, 0.1) is 6.92 Å². The van der Waals surface area contributed by atoms with Crippen molar-refractivity contribution >= 4 is 9.84 Å². The van der Waals surface area contributed by atoms with Gasteiger partial charge in [-0.25, -0.2) is 18.4 Å². The molecule has 0 radical (unpaired) electrons. The van der Waals surface area contributed by atoms with Crippen LogP contribution in [0.5, 0.6) is 0 Å². The third-order valence-electron chi connectivity index (χ3n) is 3.62. The predicted octanol–water partition coefficient (Wildman–Crippen LogP) is 2.76. The summed E-state index contributed by atoms with van der Waals surface area (Å²) in [4.78, 5) is 7.41. The van der Waals surface area contributed by atoms with Crippen LogP contribution in [0.25, 0.3) is 11.3 Å². The molecule has 0 aliphatic heterocycles. The Morgan fingerprint density at radius 2 is 1.88 bits per heavy atom. The SMILES string of the molecule is CCS(=O)(=O)c1cc(C(F)(F)F)ccc1-c1ncnc(CO)c1C. The van der Waals surface area contributed by atoms with E-state index in [1.54, 1.807) is 6.92 Å². The highest BCUT2D eigenvalue weighted by Crippen LogP contribution is 2.36. The van der Waals surface area contributed by atoms with Gasteiger partial charge in [-0.3, -0.25) is 0 Å². The summed E-state index contributed by atoms with van der Waals surface area (Å²) in [6.45, 7) is 2.53. The molecule has 2 aromatic rings. The fourth-order valence-electron chi connectivity index (χ4n) is 2.22. The van der Waals surface area contributed by atoms with Crippen LogP contribution in [0.15, 0.2) is 29.4 Å². The monoisotopic (exact) mass is 360 g/mol. The summed E-state index contributed by atoms with van der Waals surface area (Å²) in [5.74, 6) is -0.349. The number of aliphatic hydroxyl groups excluding tert-OH is 1. The molecular formula is C15H15F3N2O3S. The first-order chi connectivity index (χ1) is 11.1. The van der Waals surface area contributed by atoms with Gasteiger partial charge >= 0.3 is 6.18 Å². The quantitative estimate of drug-likeness (QED) is 0.907. The number of aromatic nitrogens is 2. The average molecular weight is 360 g/mol. The van der Waals surface area contributed by atoms with Crippen LogP contribution < -0.4 is 0 Å². The summed E-state index contributed by atoms with van der Waals surface area (Å²) in [6, 6.07) is 2.51. The number of benzene rings is 1. The Morgan fingerprint density at radius 1 is 1.21 bits per heavy atom. The molecule has 0 spiro atoms. The molecule has 0 aliphatic carbocycles. The topological polar surface area (TPSA) is 80.2 Å². The molecule has 0 saturated carbocycles. The van der Waals surface area contributed by atoms with Crippen LogP contribution in [-0.2, 0) is 22.6 Å². The maximum absolute atomic E-state index is 12.9. The Bertz CT molecular complexity index is 865.